The number of carbonyl (C=O) groups excluding carboxylic acids is 1. The molecule has 1 aromatic carbocycles. The molecule has 3 rings (SSSR count). The van der Waals surface area contributed by atoms with Crippen LogP contribution in [0.15, 0.2) is 64.0 Å². The van der Waals surface area contributed by atoms with E-state index in [1.165, 1.54) is 35.2 Å². The minimum absolute atomic E-state index is 0.190. The third-order valence-electron chi connectivity index (χ3n) is 3.52. The highest BCUT2D eigenvalue weighted by Crippen LogP contribution is 2.15. The molecule has 2 heterocycles. The van der Waals surface area contributed by atoms with E-state index in [0.29, 0.717) is 30.1 Å². The van der Waals surface area contributed by atoms with Crippen molar-refractivity contribution in [2.24, 2.45) is 0 Å². The first-order valence-corrected chi connectivity index (χ1v) is 7.79. The Morgan fingerprint density at radius 2 is 2.08 bits per heavy atom. The molecule has 0 aliphatic rings. The summed E-state index contributed by atoms with van der Waals surface area (Å²) in [6.45, 7) is 0.296. The fraction of sp³-hybridized carbons (Fsp3) is 0.167. The fourth-order valence-electron chi connectivity index (χ4n) is 2.34. The van der Waals surface area contributed by atoms with Gasteiger partial charge in [0.05, 0.1) is 6.26 Å². The number of hydrogen-bond donors (Lipinski definition) is 1. The lowest BCUT2D eigenvalue weighted by Gasteiger charge is -2.07. The third kappa shape index (κ3) is 4.41. The van der Waals surface area contributed by atoms with Crippen LogP contribution in [0.25, 0.3) is 11.5 Å². The molecule has 0 aliphatic carbocycles. The molecule has 128 valence electrons. The Hall–Kier alpha value is -3.22. The molecule has 0 spiro atoms. The number of aromatic nitrogens is 2. The van der Waals surface area contributed by atoms with Crippen molar-refractivity contribution in [1.29, 1.82) is 0 Å². The summed E-state index contributed by atoms with van der Waals surface area (Å²) in [5, 5.41) is 6.85. The van der Waals surface area contributed by atoms with Gasteiger partial charge in [-0.15, -0.1) is 0 Å². The molecule has 0 saturated heterocycles. The van der Waals surface area contributed by atoms with Crippen LogP contribution >= 0.6 is 0 Å². The van der Waals surface area contributed by atoms with E-state index in [1.807, 2.05) is 0 Å². The topological polar surface area (TPSA) is 77.1 Å². The van der Waals surface area contributed by atoms with Gasteiger partial charge in [-0.05, 0) is 42.8 Å². The number of hydrogen-bond acceptors (Lipinski definition) is 4. The van der Waals surface area contributed by atoms with E-state index in [1.54, 1.807) is 24.3 Å². The Kier molecular flexibility index (Phi) is 5.03. The first-order valence-electron chi connectivity index (χ1n) is 7.79. The van der Waals surface area contributed by atoms with E-state index >= 15 is 0 Å². The molecule has 3 aromatic rings. The average molecular weight is 341 g/mol. The molecule has 7 heteroatoms. The maximum Gasteiger partial charge on any atom is 0.266 e. The molecule has 2 aromatic heterocycles. The molecular formula is C18H16FN3O3. The van der Waals surface area contributed by atoms with Gasteiger partial charge in [-0.25, -0.2) is 9.07 Å². The number of nitrogens with zero attached hydrogens (tertiary/aromatic N) is 2. The molecule has 6 nitrogen and oxygen atoms in total. The van der Waals surface area contributed by atoms with E-state index < -0.39 is 5.82 Å². The molecule has 0 fully saturated rings. The van der Waals surface area contributed by atoms with Crippen molar-refractivity contribution in [1.82, 2.24) is 9.78 Å². The fourth-order valence-corrected chi connectivity index (χ4v) is 2.34. The van der Waals surface area contributed by atoms with Gasteiger partial charge in [-0.3, -0.25) is 9.59 Å². The minimum Gasteiger partial charge on any atom is -0.463 e. The highest BCUT2D eigenvalue weighted by atomic mass is 19.1. The number of aryl methyl sites for hydroxylation is 1. The molecule has 25 heavy (non-hydrogen) atoms. The van der Waals surface area contributed by atoms with Crippen molar-refractivity contribution in [3.05, 3.63) is 71.0 Å². The Labute approximate surface area is 142 Å². The Bertz CT molecular complexity index is 919. The highest BCUT2D eigenvalue weighted by molar-refractivity contribution is 5.90. The highest BCUT2D eigenvalue weighted by Gasteiger charge is 2.07. The van der Waals surface area contributed by atoms with Crippen LogP contribution in [-0.2, 0) is 11.3 Å². The molecule has 0 unspecified atom stereocenters. The predicted octanol–water partition coefficient (Wildman–Crippen LogP) is 3.06. The summed E-state index contributed by atoms with van der Waals surface area (Å²) in [6, 6.07) is 12.2. The van der Waals surface area contributed by atoms with Gasteiger partial charge in [-0.1, -0.05) is 6.07 Å². The van der Waals surface area contributed by atoms with Crippen LogP contribution in [0.5, 0.6) is 0 Å². The maximum atomic E-state index is 13.1. The zero-order valence-corrected chi connectivity index (χ0v) is 13.3. The lowest BCUT2D eigenvalue weighted by atomic mass is 10.2. The van der Waals surface area contributed by atoms with Gasteiger partial charge < -0.3 is 9.73 Å². The summed E-state index contributed by atoms with van der Waals surface area (Å²) in [6.07, 6.45) is 2.15. The molecule has 0 radical (unpaired) electrons. The quantitative estimate of drug-likeness (QED) is 0.747. The second kappa shape index (κ2) is 7.57. The second-order valence-electron chi connectivity index (χ2n) is 5.42. The smallest absolute Gasteiger partial charge is 0.266 e. The largest absolute Gasteiger partial charge is 0.463 e. The van der Waals surface area contributed by atoms with Crippen LogP contribution in [0.4, 0.5) is 10.1 Å². The standard InChI is InChI=1S/C18H16FN3O3/c19-13-4-1-5-14(12-13)20-17(23)7-2-10-22-18(24)9-8-15(21-22)16-6-3-11-25-16/h1,3-6,8-9,11-12H,2,7,10H2,(H,20,23). The van der Waals surface area contributed by atoms with E-state index in [4.69, 9.17) is 4.42 Å². The Morgan fingerprint density at radius 1 is 1.20 bits per heavy atom. The van der Waals surface area contributed by atoms with Crippen molar-refractivity contribution in [3.63, 3.8) is 0 Å². The average Bonchev–Trinajstić information content (AvgIpc) is 3.11. The van der Waals surface area contributed by atoms with Crippen molar-refractivity contribution < 1.29 is 13.6 Å². The summed E-state index contributed by atoms with van der Waals surface area (Å²) >= 11 is 0. The molecular weight excluding hydrogens is 325 g/mol. The lowest BCUT2D eigenvalue weighted by Crippen LogP contribution is -2.23. The van der Waals surface area contributed by atoms with Gasteiger partial charge in [0, 0.05) is 24.7 Å². The number of halogens is 1. The zero-order chi connectivity index (χ0) is 17.6. The van der Waals surface area contributed by atoms with Gasteiger partial charge in [0.1, 0.15) is 11.5 Å². The van der Waals surface area contributed by atoms with E-state index in [-0.39, 0.29) is 17.9 Å². The van der Waals surface area contributed by atoms with Gasteiger partial charge in [0.15, 0.2) is 5.76 Å². The molecule has 0 atom stereocenters. The number of amides is 1. The van der Waals surface area contributed by atoms with Crippen molar-refractivity contribution in [2.75, 3.05) is 5.32 Å². The second-order valence-corrected chi connectivity index (χ2v) is 5.42. The van der Waals surface area contributed by atoms with E-state index in [9.17, 15) is 14.0 Å². The molecule has 0 saturated carbocycles. The van der Waals surface area contributed by atoms with E-state index in [2.05, 4.69) is 10.4 Å². The van der Waals surface area contributed by atoms with Gasteiger partial charge in [0.2, 0.25) is 5.91 Å². The number of furan rings is 1. The summed E-state index contributed by atoms with van der Waals surface area (Å²) in [5.74, 6) is -0.0956. The first-order chi connectivity index (χ1) is 12.1. The number of carbonyl (C=O) groups is 1. The molecule has 0 aliphatic heterocycles. The summed E-state index contributed by atoms with van der Waals surface area (Å²) in [5.41, 5.74) is 0.703. The Balaban J connectivity index is 1.57. The molecule has 1 amide bonds. The van der Waals surface area contributed by atoms with E-state index in [0.717, 1.165) is 0 Å². The van der Waals surface area contributed by atoms with Crippen molar-refractivity contribution in [2.45, 2.75) is 19.4 Å². The monoisotopic (exact) mass is 341 g/mol. The Morgan fingerprint density at radius 3 is 2.84 bits per heavy atom. The van der Waals surface area contributed by atoms with Crippen LogP contribution in [0.3, 0.4) is 0 Å². The lowest BCUT2D eigenvalue weighted by molar-refractivity contribution is -0.116. The van der Waals surface area contributed by atoms with Crippen LogP contribution in [-0.4, -0.2) is 15.7 Å². The van der Waals surface area contributed by atoms with Crippen molar-refractivity contribution in [3.8, 4) is 11.5 Å². The number of rotatable bonds is 6. The van der Waals surface area contributed by atoms with Crippen LogP contribution in [0.2, 0.25) is 0 Å². The minimum atomic E-state index is -0.414. The summed E-state index contributed by atoms with van der Waals surface area (Å²) < 4.78 is 19.6. The van der Waals surface area contributed by atoms with Gasteiger partial charge >= 0.3 is 0 Å². The van der Waals surface area contributed by atoms with Crippen molar-refractivity contribution >= 4 is 11.6 Å². The van der Waals surface area contributed by atoms with Gasteiger partial charge in [-0.2, -0.15) is 5.10 Å². The summed E-state index contributed by atoms with van der Waals surface area (Å²) in [4.78, 5) is 23.8. The number of anilines is 1. The first kappa shape index (κ1) is 16.6. The maximum absolute atomic E-state index is 13.1. The molecule has 0 bridgehead atoms. The number of nitrogens with one attached hydrogen (secondary N) is 1. The zero-order valence-electron chi connectivity index (χ0n) is 13.3. The SMILES string of the molecule is O=C(CCCn1nc(-c2ccco2)ccc1=O)Nc1cccc(F)c1. The van der Waals surface area contributed by atoms with Gasteiger partial charge in [0.25, 0.3) is 5.56 Å². The molecule has 1 N–H and O–H groups in total. The van der Waals surface area contributed by atoms with Crippen LogP contribution < -0.4 is 10.9 Å². The summed E-state index contributed by atoms with van der Waals surface area (Å²) in [7, 11) is 0. The van der Waals surface area contributed by atoms with Crippen LogP contribution in [0.1, 0.15) is 12.8 Å². The van der Waals surface area contributed by atoms with Crippen LogP contribution in [0, 0.1) is 5.82 Å². The predicted molar refractivity (Wildman–Crippen MR) is 90.5 cm³/mol. The normalized spacial score (nSPS) is 10.6. The number of benzene rings is 1. The third-order valence-corrected chi connectivity index (χ3v) is 3.52.